The maximum atomic E-state index is 6.21. The minimum atomic E-state index is 0.791. The molecule has 0 saturated carbocycles. The van der Waals surface area contributed by atoms with Crippen molar-refractivity contribution in [2.45, 2.75) is 13.0 Å². The van der Waals surface area contributed by atoms with Crippen molar-refractivity contribution in [1.29, 1.82) is 0 Å². The van der Waals surface area contributed by atoms with Gasteiger partial charge in [0, 0.05) is 28.2 Å². The molecule has 2 nitrogen and oxygen atoms in total. The summed E-state index contributed by atoms with van der Waals surface area (Å²) >= 11 is 6.21. The van der Waals surface area contributed by atoms with Crippen LogP contribution < -0.4 is 0 Å². The van der Waals surface area contributed by atoms with Gasteiger partial charge in [-0.05, 0) is 50.8 Å². The summed E-state index contributed by atoms with van der Waals surface area (Å²) in [5, 5.41) is 2.03. The molecule has 1 aromatic heterocycles. The Kier molecular flexibility index (Phi) is 4.51. The van der Waals surface area contributed by atoms with Crippen LogP contribution in [0.1, 0.15) is 6.42 Å². The van der Waals surface area contributed by atoms with E-state index >= 15 is 0 Å². The van der Waals surface area contributed by atoms with Gasteiger partial charge in [-0.2, -0.15) is 0 Å². The fourth-order valence-corrected chi connectivity index (χ4v) is 3.03. The topological polar surface area (TPSA) is 8.17 Å². The fraction of sp³-hybridized carbons (Fsp3) is 0.263. The molecule has 0 saturated heterocycles. The molecular weight excluding hydrogens is 292 g/mol. The van der Waals surface area contributed by atoms with E-state index in [1.807, 2.05) is 6.07 Å². The minimum absolute atomic E-state index is 0.791. The summed E-state index contributed by atoms with van der Waals surface area (Å²) in [7, 11) is 4.23. The maximum absolute atomic E-state index is 6.21. The first-order valence-electron chi connectivity index (χ1n) is 7.64. The average Bonchev–Trinajstić information content (AvgIpc) is 2.86. The van der Waals surface area contributed by atoms with Crippen LogP contribution in [0.4, 0.5) is 0 Å². The molecule has 0 amide bonds. The Morgan fingerprint density at radius 1 is 1.00 bits per heavy atom. The molecule has 0 aliphatic carbocycles. The van der Waals surface area contributed by atoms with Gasteiger partial charge in [0.05, 0.1) is 0 Å². The highest BCUT2D eigenvalue weighted by atomic mass is 35.5. The Morgan fingerprint density at radius 3 is 2.50 bits per heavy atom. The van der Waals surface area contributed by atoms with Crippen LogP contribution in [-0.2, 0) is 6.54 Å². The molecule has 3 aromatic rings. The lowest BCUT2D eigenvalue weighted by molar-refractivity contribution is 0.388. The van der Waals surface area contributed by atoms with Crippen LogP contribution in [0.5, 0.6) is 0 Å². The van der Waals surface area contributed by atoms with Crippen molar-refractivity contribution in [3.8, 4) is 11.3 Å². The van der Waals surface area contributed by atoms with Crippen molar-refractivity contribution < 1.29 is 0 Å². The Labute approximate surface area is 136 Å². The van der Waals surface area contributed by atoms with E-state index in [4.69, 9.17) is 11.6 Å². The van der Waals surface area contributed by atoms with E-state index in [-0.39, 0.29) is 0 Å². The van der Waals surface area contributed by atoms with Gasteiger partial charge in [-0.15, -0.1) is 0 Å². The fourth-order valence-electron chi connectivity index (χ4n) is 2.86. The summed E-state index contributed by atoms with van der Waals surface area (Å²) in [6.07, 6.45) is 1.11. The molecule has 0 spiro atoms. The summed E-state index contributed by atoms with van der Waals surface area (Å²) in [6, 6.07) is 19.0. The molecule has 0 aliphatic rings. The molecule has 0 aliphatic heterocycles. The van der Waals surface area contributed by atoms with Gasteiger partial charge < -0.3 is 9.47 Å². The van der Waals surface area contributed by atoms with Crippen molar-refractivity contribution in [1.82, 2.24) is 9.47 Å². The Bertz CT molecular complexity index is 760. The highest BCUT2D eigenvalue weighted by Gasteiger charge is 2.11. The van der Waals surface area contributed by atoms with Crippen LogP contribution in [-0.4, -0.2) is 30.1 Å². The molecule has 0 fully saturated rings. The number of halogens is 1. The summed E-state index contributed by atoms with van der Waals surface area (Å²) < 4.78 is 2.39. The lowest BCUT2D eigenvalue weighted by Gasteiger charge is -2.14. The molecule has 114 valence electrons. The van der Waals surface area contributed by atoms with Gasteiger partial charge in [-0.1, -0.05) is 48.0 Å². The number of rotatable bonds is 5. The van der Waals surface area contributed by atoms with Crippen LogP contribution >= 0.6 is 11.6 Å². The maximum Gasteiger partial charge on any atom is 0.0500 e. The van der Waals surface area contributed by atoms with Gasteiger partial charge >= 0.3 is 0 Å². The predicted molar refractivity (Wildman–Crippen MR) is 95.6 cm³/mol. The van der Waals surface area contributed by atoms with E-state index in [1.165, 1.54) is 22.2 Å². The largest absolute Gasteiger partial charge is 0.340 e. The summed E-state index contributed by atoms with van der Waals surface area (Å²) in [5.74, 6) is 0. The molecule has 0 unspecified atom stereocenters. The zero-order chi connectivity index (χ0) is 15.5. The van der Waals surface area contributed by atoms with Crippen molar-refractivity contribution >= 4 is 22.5 Å². The van der Waals surface area contributed by atoms with E-state index in [0.717, 1.165) is 24.5 Å². The van der Waals surface area contributed by atoms with E-state index in [1.54, 1.807) is 0 Å². The first kappa shape index (κ1) is 15.1. The van der Waals surface area contributed by atoms with Crippen molar-refractivity contribution in [3.05, 3.63) is 59.6 Å². The van der Waals surface area contributed by atoms with Crippen molar-refractivity contribution in [2.75, 3.05) is 20.6 Å². The quantitative estimate of drug-likeness (QED) is 0.649. The van der Waals surface area contributed by atoms with Gasteiger partial charge in [-0.25, -0.2) is 0 Å². The predicted octanol–water partition coefficient (Wildman–Crippen LogP) is 4.91. The number of hydrogen-bond donors (Lipinski definition) is 0. The summed E-state index contributed by atoms with van der Waals surface area (Å²) in [4.78, 5) is 2.22. The van der Waals surface area contributed by atoms with Crippen LogP contribution in [0.2, 0.25) is 5.02 Å². The summed E-state index contributed by atoms with van der Waals surface area (Å²) in [5.41, 5.74) is 3.72. The average molecular weight is 313 g/mol. The SMILES string of the molecule is CN(C)CCCn1c(-c2ccccc2)cc2ccc(Cl)cc21. The Hall–Kier alpha value is -1.77. The third-order valence-corrected chi connectivity index (χ3v) is 4.16. The third-order valence-electron chi connectivity index (χ3n) is 3.92. The highest BCUT2D eigenvalue weighted by molar-refractivity contribution is 6.31. The molecule has 0 radical (unpaired) electrons. The molecule has 0 N–H and O–H groups in total. The molecule has 1 heterocycles. The number of nitrogens with zero attached hydrogens (tertiary/aromatic N) is 2. The molecular formula is C19H21ClN2. The zero-order valence-electron chi connectivity index (χ0n) is 13.1. The van der Waals surface area contributed by atoms with Crippen molar-refractivity contribution in [3.63, 3.8) is 0 Å². The van der Waals surface area contributed by atoms with E-state index < -0.39 is 0 Å². The van der Waals surface area contributed by atoms with Gasteiger partial charge in [0.1, 0.15) is 0 Å². The molecule has 0 atom stereocenters. The van der Waals surface area contributed by atoms with Crippen molar-refractivity contribution in [2.24, 2.45) is 0 Å². The first-order chi connectivity index (χ1) is 10.6. The molecule has 22 heavy (non-hydrogen) atoms. The molecule has 3 rings (SSSR count). The molecule has 2 aromatic carbocycles. The number of benzene rings is 2. The smallest absolute Gasteiger partial charge is 0.0500 e. The van der Waals surface area contributed by atoms with E-state index in [2.05, 4.69) is 72.1 Å². The second-order valence-corrected chi connectivity index (χ2v) is 6.34. The number of hydrogen-bond acceptors (Lipinski definition) is 1. The highest BCUT2D eigenvalue weighted by Crippen LogP contribution is 2.30. The summed E-state index contributed by atoms with van der Waals surface area (Å²) in [6.45, 7) is 2.07. The second-order valence-electron chi connectivity index (χ2n) is 5.91. The molecule has 3 heteroatoms. The lowest BCUT2D eigenvalue weighted by Crippen LogP contribution is -2.15. The van der Waals surface area contributed by atoms with Crippen LogP contribution in [0, 0.1) is 0 Å². The van der Waals surface area contributed by atoms with E-state index in [0.29, 0.717) is 0 Å². The van der Waals surface area contributed by atoms with Gasteiger partial charge in [-0.3, -0.25) is 0 Å². The normalized spacial score (nSPS) is 11.5. The zero-order valence-corrected chi connectivity index (χ0v) is 13.8. The second kappa shape index (κ2) is 6.55. The van der Waals surface area contributed by atoms with Crippen LogP contribution in [0.15, 0.2) is 54.6 Å². The Balaban J connectivity index is 2.06. The van der Waals surface area contributed by atoms with Gasteiger partial charge in [0.2, 0.25) is 0 Å². The number of fused-ring (bicyclic) bond motifs is 1. The van der Waals surface area contributed by atoms with Gasteiger partial charge in [0.15, 0.2) is 0 Å². The standard InChI is InChI=1S/C19H21ClN2/c1-21(2)11-6-12-22-18(15-7-4-3-5-8-15)13-16-9-10-17(20)14-19(16)22/h3-5,7-10,13-14H,6,11-12H2,1-2H3. The number of aryl methyl sites for hydroxylation is 1. The van der Waals surface area contributed by atoms with Crippen LogP contribution in [0.25, 0.3) is 22.2 Å². The molecule has 0 bridgehead atoms. The van der Waals surface area contributed by atoms with E-state index in [9.17, 15) is 0 Å². The Morgan fingerprint density at radius 2 is 1.77 bits per heavy atom. The number of aromatic nitrogens is 1. The first-order valence-corrected chi connectivity index (χ1v) is 8.02. The van der Waals surface area contributed by atoms with Crippen LogP contribution in [0.3, 0.4) is 0 Å². The van der Waals surface area contributed by atoms with Gasteiger partial charge in [0.25, 0.3) is 0 Å². The third kappa shape index (κ3) is 3.18. The lowest BCUT2D eigenvalue weighted by atomic mass is 10.1. The minimum Gasteiger partial charge on any atom is -0.340 e. The monoisotopic (exact) mass is 312 g/mol.